The van der Waals surface area contributed by atoms with E-state index >= 15 is 0 Å². The summed E-state index contributed by atoms with van der Waals surface area (Å²) in [6.45, 7) is 4.35. The Balaban J connectivity index is 0.00000385. The SMILES string of the molecule is CC(C)c1ccc2c(CCCCNS(=O)(=O)c3ccc(Cl)cc3)cc(S(=O)(=O)O)c-2cc1.[NaH]. The first-order chi connectivity index (χ1) is 15.0. The summed E-state index contributed by atoms with van der Waals surface area (Å²) in [4.78, 5) is 0.0482. The van der Waals surface area contributed by atoms with Gasteiger partial charge in [0.1, 0.15) is 4.90 Å². The van der Waals surface area contributed by atoms with Gasteiger partial charge in [-0.05, 0) is 72.2 Å². The van der Waals surface area contributed by atoms with Gasteiger partial charge >= 0.3 is 29.6 Å². The number of aryl methyl sites for hydroxylation is 1. The van der Waals surface area contributed by atoms with E-state index in [0.29, 0.717) is 29.8 Å². The van der Waals surface area contributed by atoms with Gasteiger partial charge in [0, 0.05) is 17.1 Å². The van der Waals surface area contributed by atoms with Crippen molar-refractivity contribution >= 4 is 61.3 Å². The molecule has 0 aromatic heterocycles. The molecule has 0 radical (unpaired) electrons. The van der Waals surface area contributed by atoms with Crippen LogP contribution in [0.25, 0.3) is 11.1 Å². The Morgan fingerprint density at radius 3 is 2.09 bits per heavy atom. The van der Waals surface area contributed by atoms with Gasteiger partial charge in [0.2, 0.25) is 10.0 Å². The van der Waals surface area contributed by atoms with Crippen LogP contribution in [0.2, 0.25) is 5.02 Å². The molecule has 0 spiro atoms. The molecule has 1 aromatic rings. The van der Waals surface area contributed by atoms with Gasteiger partial charge in [0.05, 0.1) is 4.90 Å². The molecule has 0 bridgehead atoms. The van der Waals surface area contributed by atoms with E-state index in [1.807, 2.05) is 18.2 Å². The average molecular weight is 520 g/mol. The summed E-state index contributed by atoms with van der Waals surface area (Å²) in [5, 5.41) is 0.462. The second kappa shape index (κ2) is 11.6. The molecule has 0 fully saturated rings. The molecule has 33 heavy (non-hydrogen) atoms. The maximum atomic E-state index is 12.3. The second-order valence-electron chi connectivity index (χ2n) is 7.97. The Hall–Kier alpha value is -0.970. The third-order valence-corrected chi connectivity index (χ3v) is 7.95. The van der Waals surface area contributed by atoms with Crippen LogP contribution in [0.15, 0.2) is 64.4 Å². The Morgan fingerprint density at radius 2 is 1.52 bits per heavy atom. The van der Waals surface area contributed by atoms with Crippen molar-refractivity contribution in [2.24, 2.45) is 0 Å². The average Bonchev–Trinajstić information content (AvgIpc) is 2.91. The minimum atomic E-state index is -4.36. The Labute approximate surface area is 223 Å². The third kappa shape index (κ3) is 7.26. The van der Waals surface area contributed by atoms with E-state index in [1.165, 1.54) is 30.3 Å². The molecule has 0 aliphatic heterocycles. The van der Waals surface area contributed by atoms with E-state index in [0.717, 1.165) is 16.7 Å². The molecule has 174 valence electrons. The molecular formula is C23H27ClNNaO5S2. The van der Waals surface area contributed by atoms with Crippen LogP contribution in [0, 0.1) is 0 Å². The quantitative estimate of drug-likeness (QED) is 0.247. The van der Waals surface area contributed by atoms with Crippen molar-refractivity contribution in [3.05, 3.63) is 70.7 Å². The molecule has 2 aliphatic carbocycles. The first-order valence-corrected chi connectivity index (χ1v) is 13.6. The number of unbranched alkanes of at least 4 members (excludes halogenated alkanes) is 1. The van der Waals surface area contributed by atoms with Crippen molar-refractivity contribution < 1.29 is 21.4 Å². The van der Waals surface area contributed by atoms with E-state index in [9.17, 15) is 21.4 Å². The van der Waals surface area contributed by atoms with Gasteiger partial charge in [-0.15, -0.1) is 0 Å². The molecule has 10 heteroatoms. The topological polar surface area (TPSA) is 101 Å². The molecule has 6 nitrogen and oxygen atoms in total. The standard InChI is InChI=1S/C23H26ClNO5S2.Na.H/c1-16(2)17-6-12-21-18(15-23(32(28,29)30)22(21)13-7-17)5-3-4-14-25-31(26,27)20-10-8-19(24)9-11-20;;/h6-13,15-16,25H,3-5,14H2,1-2H3,(H,28,29,30);;. The number of fused-ring (bicyclic) bond motifs is 1. The molecule has 0 saturated heterocycles. The number of halogens is 1. The van der Waals surface area contributed by atoms with E-state index in [2.05, 4.69) is 18.6 Å². The molecule has 1 aromatic carbocycles. The summed E-state index contributed by atoms with van der Waals surface area (Å²) < 4.78 is 60.7. The molecule has 0 heterocycles. The summed E-state index contributed by atoms with van der Waals surface area (Å²) in [5.74, 6) is 0.276. The number of sulfonamides is 1. The van der Waals surface area contributed by atoms with Crippen LogP contribution in [0.3, 0.4) is 0 Å². The Morgan fingerprint density at radius 1 is 0.909 bits per heavy atom. The van der Waals surface area contributed by atoms with Gasteiger partial charge in [-0.1, -0.05) is 49.7 Å². The van der Waals surface area contributed by atoms with Gasteiger partial charge in [0.25, 0.3) is 10.1 Å². The summed E-state index contributed by atoms with van der Waals surface area (Å²) in [6.07, 6.45) is 1.76. The maximum absolute atomic E-state index is 12.3. The zero-order valence-corrected chi connectivity index (χ0v) is 20.3. The summed E-state index contributed by atoms with van der Waals surface area (Å²) in [5.41, 5.74) is 3.12. The van der Waals surface area contributed by atoms with Gasteiger partial charge < -0.3 is 0 Å². The minimum absolute atomic E-state index is 0. The second-order valence-corrected chi connectivity index (χ2v) is 11.6. The van der Waals surface area contributed by atoms with E-state index in [-0.39, 0.29) is 51.8 Å². The molecule has 2 aliphatic rings. The van der Waals surface area contributed by atoms with Gasteiger partial charge in [0.15, 0.2) is 0 Å². The van der Waals surface area contributed by atoms with E-state index in [4.69, 9.17) is 11.6 Å². The fourth-order valence-corrected chi connectivity index (χ4v) is 5.50. The molecule has 2 N–H and O–H groups in total. The number of hydrogen-bond donors (Lipinski definition) is 2. The molecule has 0 saturated carbocycles. The molecule has 0 unspecified atom stereocenters. The fourth-order valence-electron chi connectivity index (χ4n) is 3.55. The van der Waals surface area contributed by atoms with Crippen LogP contribution >= 0.6 is 11.6 Å². The number of rotatable bonds is 9. The van der Waals surface area contributed by atoms with Gasteiger partial charge in [-0.2, -0.15) is 8.42 Å². The van der Waals surface area contributed by atoms with Crippen LogP contribution in [0.5, 0.6) is 0 Å². The predicted molar refractivity (Wildman–Crippen MR) is 134 cm³/mol. The van der Waals surface area contributed by atoms with Crippen LogP contribution in [0.4, 0.5) is 0 Å². The summed E-state index contributed by atoms with van der Waals surface area (Å²) in [6, 6.07) is 14.9. The van der Waals surface area contributed by atoms with Crippen molar-refractivity contribution in [3.63, 3.8) is 0 Å². The molecule has 0 amide bonds. The molecular weight excluding hydrogens is 493 g/mol. The Kier molecular flexibility index (Phi) is 9.97. The zero-order chi connectivity index (χ0) is 23.5. The number of hydrogen-bond acceptors (Lipinski definition) is 4. The number of nitrogens with one attached hydrogen (secondary N) is 1. The number of benzene rings is 1. The normalized spacial score (nSPS) is 12.2. The van der Waals surface area contributed by atoms with Gasteiger partial charge in [-0.25, -0.2) is 13.1 Å². The van der Waals surface area contributed by atoms with Crippen LogP contribution in [-0.2, 0) is 26.6 Å². The van der Waals surface area contributed by atoms with Crippen molar-refractivity contribution in [1.29, 1.82) is 0 Å². The first kappa shape index (κ1) is 28.3. The summed E-state index contributed by atoms with van der Waals surface area (Å²) in [7, 11) is -7.98. The van der Waals surface area contributed by atoms with E-state index < -0.39 is 20.1 Å². The first-order valence-electron chi connectivity index (χ1n) is 10.3. The van der Waals surface area contributed by atoms with Crippen molar-refractivity contribution in [2.45, 2.75) is 48.8 Å². The van der Waals surface area contributed by atoms with Crippen molar-refractivity contribution in [3.8, 4) is 11.1 Å². The summed E-state index contributed by atoms with van der Waals surface area (Å²) >= 11 is 5.80. The zero-order valence-electron chi connectivity index (χ0n) is 17.9. The van der Waals surface area contributed by atoms with Crippen LogP contribution < -0.4 is 4.72 Å². The van der Waals surface area contributed by atoms with Gasteiger partial charge in [-0.3, -0.25) is 4.55 Å². The van der Waals surface area contributed by atoms with Crippen LogP contribution in [0.1, 0.15) is 43.7 Å². The monoisotopic (exact) mass is 519 g/mol. The molecule has 0 atom stereocenters. The van der Waals surface area contributed by atoms with Crippen molar-refractivity contribution in [1.82, 2.24) is 4.72 Å². The predicted octanol–water partition coefficient (Wildman–Crippen LogP) is 4.47. The third-order valence-electron chi connectivity index (χ3n) is 5.33. The Bertz CT molecular complexity index is 1280. The van der Waals surface area contributed by atoms with E-state index in [1.54, 1.807) is 6.07 Å². The molecule has 3 rings (SSSR count). The van der Waals surface area contributed by atoms with Crippen molar-refractivity contribution in [2.75, 3.05) is 6.54 Å². The van der Waals surface area contributed by atoms with Crippen LogP contribution in [-0.4, -0.2) is 57.5 Å². The fraction of sp³-hybridized carbons (Fsp3) is 0.304.